The molecule has 13 heavy (non-hydrogen) atoms. The van der Waals surface area contributed by atoms with Crippen molar-refractivity contribution in [3.8, 4) is 0 Å². The van der Waals surface area contributed by atoms with Crippen molar-refractivity contribution < 1.29 is 9.90 Å². The van der Waals surface area contributed by atoms with E-state index >= 15 is 0 Å². The normalized spacial score (nSPS) is 27.1. The number of aliphatic hydroxyl groups excluding tert-OH is 1. The first-order chi connectivity index (χ1) is 6.20. The van der Waals surface area contributed by atoms with Crippen LogP contribution in [0.1, 0.15) is 28.4 Å². The van der Waals surface area contributed by atoms with Crippen molar-refractivity contribution in [2.45, 2.75) is 17.9 Å². The highest BCUT2D eigenvalue weighted by atomic mass is 35.5. The van der Waals surface area contributed by atoms with Crippen LogP contribution in [0.15, 0.2) is 24.3 Å². The maximum absolute atomic E-state index is 11.5. The Morgan fingerprint density at radius 2 is 2.08 bits per heavy atom. The average Bonchev–Trinajstić information content (AvgIpc) is 2.15. The van der Waals surface area contributed by atoms with Gasteiger partial charge in [-0.3, -0.25) is 4.79 Å². The van der Waals surface area contributed by atoms with E-state index in [2.05, 4.69) is 0 Å². The summed E-state index contributed by atoms with van der Waals surface area (Å²) < 4.78 is 0. The van der Waals surface area contributed by atoms with Crippen molar-refractivity contribution in [2.24, 2.45) is 0 Å². The van der Waals surface area contributed by atoms with Gasteiger partial charge in [0.15, 0.2) is 5.78 Å². The second-order valence-electron chi connectivity index (χ2n) is 3.17. The Morgan fingerprint density at radius 1 is 1.38 bits per heavy atom. The zero-order chi connectivity index (χ0) is 9.42. The van der Waals surface area contributed by atoms with E-state index in [0.717, 1.165) is 0 Å². The number of benzene rings is 1. The van der Waals surface area contributed by atoms with Gasteiger partial charge in [0.2, 0.25) is 0 Å². The van der Waals surface area contributed by atoms with Crippen LogP contribution in [-0.2, 0) is 0 Å². The van der Waals surface area contributed by atoms with Crippen molar-refractivity contribution in [1.29, 1.82) is 0 Å². The molecule has 0 radical (unpaired) electrons. The lowest BCUT2D eigenvalue weighted by Crippen LogP contribution is -2.25. The SMILES string of the molecule is O=C1c2ccccc2[C@H](O)C[C@H]1Cl. The zero-order valence-corrected chi connectivity index (χ0v) is 7.66. The molecule has 0 aromatic heterocycles. The van der Waals surface area contributed by atoms with Crippen LogP contribution in [0.4, 0.5) is 0 Å². The molecule has 1 aromatic carbocycles. The average molecular weight is 197 g/mol. The molecule has 0 saturated heterocycles. The third-order valence-electron chi connectivity index (χ3n) is 2.30. The molecule has 2 rings (SSSR count). The third-order valence-corrected chi connectivity index (χ3v) is 2.68. The third kappa shape index (κ3) is 1.36. The fourth-order valence-electron chi connectivity index (χ4n) is 1.61. The monoisotopic (exact) mass is 196 g/mol. The molecule has 1 aromatic rings. The molecule has 3 heteroatoms. The topological polar surface area (TPSA) is 37.3 Å². The molecule has 0 saturated carbocycles. The Balaban J connectivity index is 2.54. The number of aliphatic hydroxyl groups is 1. The number of alkyl halides is 1. The van der Waals surface area contributed by atoms with E-state index in [0.29, 0.717) is 17.5 Å². The molecule has 1 aliphatic carbocycles. The van der Waals surface area contributed by atoms with Gasteiger partial charge in [0.25, 0.3) is 0 Å². The predicted octanol–water partition coefficient (Wildman–Crippen LogP) is 1.91. The van der Waals surface area contributed by atoms with Gasteiger partial charge >= 0.3 is 0 Å². The van der Waals surface area contributed by atoms with Crippen molar-refractivity contribution in [1.82, 2.24) is 0 Å². The Morgan fingerprint density at radius 3 is 2.85 bits per heavy atom. The fraction of sp³-hybridized carbons (Fsp3) is 0.300. The number of hydrogen-bond donors (Lipinski definition) is 1. The summed E-state index contributed by atoms with van der Waals surface area (Å²) in [7, 11) is 0. The Labute approximate surface area is 81.1 Å². The van der Waals surface area contributed by atoms with Gasteiger partial charge in [-0.05, 0) is 5.56 Å². The van der Waals surface area contributed by atoms with E-state index in [-0.39, 0.29) is 5.78 Å². The van der Waals surface area contributed by atoms with Crippen LogP contribution < -0.4 is 0 Å². The van der Waals surface area contributed by atoms with Crippen LogP contribution in [0, 0.1) is 0 Å². The van der Waals surface area contributed by atoms with Crippen molar-refractivity contribution in [2.75, 3.05) is 0 Å². The van der Waals surface area contributed by atoms with Crippen LogP contribution in [-0.4, -0.2) is 16.3 Å². The van der Waals surface area contributed by atoms with Gasteiger partial charge in [-0.1, -0.05) is 24.3 Å². The molecule has 1 N–H and O–H groups in total. The number of ketones is 1. The molecular formula is C10H9ClO2. The van der Waals surface area contributed by atoms with Crippen molar-refractivity contribution in [3.05, 3.63) is 35.4 Å². The quantitative estimate of drug-likeness (QED) is 0.644. The minimum atomic E-state index is -0.601. The lowest BCUT2D eigenvalue weighted by atomic mass is 9.88. The van der Waals surface area contributed by atoms with Gasteiger partial charge in [0.1, 0.15) is 0 Å². The first-order valence-electron chi connectivity index (χ1n) is 4.15. The molecule has 1 aliphatic rings. The fourth-order valence-corrected chi connectivity index (χ4v) is 1.90. The summed E-state index contributed by atoms with van der Waals surface area (Å²) in [6.07, 6.45) is -0.284. The van der Waals surface area contributed by atoms with E-state index in [1.807, 2.05) is 6.07 Å². The molecule has 0 spiro atoms. The highest BCUT2D eigenvalue weighted by molar-refractivity contribution is 6.34. The molecule has 0 heterocycles. The number of Topliss-reactive ketones (excluding diaryl/α,β-unsaturated/α-hetero) is 1. The molecular weight excluding hydrogens is 188 g/mol. The minimum absolute atomic E-state index is 0.0810. The highest BCUT2D eigenvalue weighted by Crippen LogP contribution is 2.31. The summed E-state index contributed by atoms with van der Waals surface area (Å²) in [6, 6.07) is 7.05. The molecule has 0 unspecified atom stereocenters. The van der Waals surface area contributed by atoms with Gasteiger partial charge < -0.3 is 5.11 Å². The number of hydrogen-bond acceptors (Lipinski definition) is 2. The summed E-state index contributed by atoms with van der Waals surface area (Å²) in [4.78, 5) is 11.5. The van der Waals surface area contributed by atoms with Crippen LogP contribution in [0.5, 0.6) is 0 Å². The Hall–Kier alpha value is -0.860. The van der Waals surface area contributed by atoms with E-state index in [4.69, 9.17) is 11.6 Å². The van der Waals surface area contributed by atoms with Crippen LogP contribution >= 0.6 is 11.6 Å². The van der Waals surface area contributed by atoms with E-state index < -0.39 is 11.5 Å². The molecule has 2 nitrogen and oxygen atoms in total. The van der Waals surface area contributed by atoms with Gasteiger partial charge in [-0.25, -0.2) is 0 Å². The summed E-state index contributed by atoms with van der Waals surface area (Å²) >= 11 is 5.78. The van der Waals surface area contributed by atoms with Crippen molar-refractivity contribution >= 4 is 17.4 Å². The summed E-state index contributed by atoms with van der Waals surface area (Å²) in [6.45, 7) is 0. The standard InChI is InChI=1S/C10H9ClO2/c11-8-5-9(12)6-3-1-2-4-7(6)10(8)13/h1-4,8-9,12H,5H2/t8-,9-/m1/s1. The van der Waals surface area contributed by atoms with E-state index in [9.17, 15) is 9.90 Å². The molecule has 68 valence electrons. The van der Waals surface area contributed by atoms with Gasteiger partial charge in [0, 0.05) is 12.0 Å². The molecule has 0 amide bonds. The predicted molar refractivity (Wildman–Crippen MR) is 50.0 cm³/mol. The molecule has 0 bridgehead atoms. The van der Waals surface area contributed by atoms with E-state index in [1.165, 1.54) is 0 Å². The number of halogens is 1. The second-order valence-corrected chi connectivity index (χ2v) is 3.70. The smallest absolute Gasteiger partial charge is 0.181 e. The first kappa shape index (κ1) is 8.73. The maximum atomic E-state index is 11.5. The molecule has 0 fully saturated rings. The molecule has 0 aliphatic heterocycles. The lowest BCUT2D eigenvalue weighted by molar-refractivity contribution is 0.0904. The highest BCUT2D eigenvalue weighted by Gasteiger charge is 2.30. The summed E-state index contributed by atoms with van der Waals surface area (Å²) in [5, 5.41) is 9.03. The summed E-state index contributed by atoms with van der Waals surface area (Å²) in [5.41, 5.74) is 1.26. The van der Waals surface area contributed by atoms with Gasteiger partial charge in [0.05, 0.1) is 11.5 Å². The number of carbonyl (C=O) groups excluding carboxylic acids is 1. The van der Waals surface area contributed by atoms with Gasteiger partial charge in [-0.2, -0.15) is 0 Å². The summed E-state index contributed by atoms with van der Waals surface area (Å²) in [5.74, 6) is -0.0810. The second kappa shape index (κ2) is 3.13. The van der Waals surface area contributed by atoms with Crippen LogP contribution in [0.2, 0.25) is 0 Å². The number of fused-ring (bicyclic) bond motifs is 1. The van der Waals surface area contributed by atoms with Gasteiger partial charge in [-0.15, -0.1) is 11.6 Å². The maximum Gasteiger partial charge on any atom is 0.181 e. The number of carbonyl (C=O) groups is 1. The Bertz CT molecular complexity index is 349. The van der Waals surface area contributed by atoms with Crippen LogP contribution in [0.25, 0.3) is 0 Å². The van der Waals surface area contributed by atoms with Crippen molar-refractivity contribution in [3.63, 3.8) is 0 Å². The first-order valence-corrected chi connectivity index (χ1v) is 4.59. The lowest BCUT2D eigenvalue weighted by Gasteiger charge is -2.23. The minimum Gasteiger partial charge on any atom is -0.388 e. The Kier molecular flexibility index (Phi) is 2.10. The van der Waals surface area contributed by atoms with E-state index in [1.54, 1.807) is 18.2 Å². The largest absolute Gasteiger partial charge is 0.388 e. The zero-order valence-electron chi connectivity index (χ0n) is 6.90. The molecule has 2 atom stereocenters. The number of rotatable bonds is 0. The van der Waals surface area contributed by atoms with Crippen LogP contribution in [0.3, 0.4) is 0 Å².